The summed E-state index contributed by atoms with van der Waals surface area (Å²) in [7, 11) is 0. The molecule has 1 aliphatic carbocycles. The molecule has 6 heteroatoms. The quantitative estimate of drug-likeness (QED) is 0.790. The van der Waals surface area contributed by atoms with E-state index in [4.69, 9.17) is 0 Å². The lowest BCUT2D eigenvalue weighted by Gasteiger charge is -2.29. The highest BCUT2D eigenvalue weighted by molar-refractivity contribution is 6.48. The number of aliphatic hydroxyl groups excluding tert-OH is 1. The van der Waals surface area contributed by atoms with Crippen molar-refractivity contribution in [2.24, 2.45) is 0 Å². The van der Waals surface area contributed by atoms with Crippen molar-refractivity contribution < 1.29 is 19.8 Å². The van der Waals surface area contributed by atoms with E-state index in [0.29, 0.717) is 5.69 Å². The first kappa shape index (κ1) is 14.7. The lowest BCUT2D eigenvalue weighted by molar-refractivity contribution is -0.154. The van der Waals surface area contributed by atoms with Gasteiger partial charge in [-0.2, -0.15) is 5.10 Å². The zero-order chi connectivity index (χ0) is 15.4. The van der Waals surface area contributed by atoms with E-state index < -0.39 is 29.1 Å². The SMILES string of the molecule is CC(C)c1nn(C(C)(C)C)c(O)c1C1C(=O)C(=O)C1O. The molecule has 1 aliphatic rings. The van der Waals surface area contributed by atoms with Crippen molar-refractivity contribution >= 4 is 11.6 Å². The maximum atomic E-state index is 11.7. The second-order valence-corrected chi connectivity index (χ2v) is 6.51. The standard InChI is InChI=1S/C14H20N2O4/c1-6(2)9-7(8-10(17)12(19)11(8)18)13(20)16(15-9)14(3,4)5/h6,8,10,17,20H,1-5H3. The predicted molar refractivity (Wildman–Crippen MR) is 71.7 cm³/mol. The second kappa shape index (κ2) is 4.41. The molecule has 6 nitrogen and oxygen atoms in total. The third-order valence-electron chi connectivity index (χ3n) is 3.53. The van der Waals surface area contributed by atoms with Crippen molar-refractivity contribution in [3.05, 3.63) is 11.3 Å². The fourth-order valence-corrected chi connectivity index (χ4v) is 2.42. The Labute approximate surface area is 117 Å². The number of aromatic hydroxyl groups is 1. The Kier molecular flexibility index (Phi) is 3.25. The van der Waals surface area contributed by atoms with Gasteiger partial charge in [0.25, 0.3) is 0 Å². The number of Topliss-reactive ketones (excluding diaryl/α,β-unsaturated/α-hetero) is 2. The van der Waals surface area contributed by atoms with Gasteiger partial charge in [-0.1, -0.05) is 13.8 Å². The molecule has 2 rings (SSSR count). The van der Waals surface area contributed by atoms with Crippen LogP contribution in [0, 0.1) is 0 Å². The van der Waals surface area contributed by atoms with Crippen LogP contribution in [-0.4, -0.2) is 37.7 Å². The highest BCUT2D eigenvalue weighted by atomic mass is 16.3. The summed E-state index contributed by atoms with van der Waals surface area (Å²) in [4.78, 5) is 22.9. The van der Waals surface area contributed by atoms with E-state index in [2.05, 4.69) is 5.10 Å². The van der Waals surface area contributed by atoms with Crippen LogP contribution in [-0.2, 0) is 15.1 Å². The van der Waals surface area contributed by atoms with E-state index in [9.17, 15) is 19.8 Å². The number of ketones is 2. The number of hydrogen-bond donors (Lipinski definition) is 2. The largest absolute Gasteiger partial charge is 0.493 e. The van der Waals surface area contributed by atoms with E-state index in [1.807, 2.05) is 34.6 Å². The minimum Gasteiger partial charge on any atom is -0.493 e. The zero-order valence-corrected chi connectivity index (χ0v) is 12.3. The number of aliphatic hydroxyl groups is 1. The molecule has 20 heavy (non-hydrogen) atoms. The van der Waals surface area contributed by atoms with Gasteiger partial charge in [0, 0.05) is 0 Å². The maximum absolute atomic E-state index is 11.7. The molecule has 0 amide bonds. The molecule has 0 saturated heterocycles. The molecule has 2 atom stereocenters. The lowest BCUT2D eigenvalue weighted by Crippen LogP contribution is -2.51. The van der Waals surface area contributed by atoms with E-state index in [-0.39, 0.29) is 17.4 Å². The second-order valence-electron chi connectivity index (χ2n) is 6.51. The molecule has 1 aromatic heterocycles. The van der Waals surface area contributed by atoms with Gasteiger partial charge in [-0.05, 0) is 26.7 Å². The monoisotopic (exact) mass is 280 g/mol. The van der Waals surface area contributed by atoms with Gasteiger partial charge in [-0.15, -0.1) is 0 Å². The van der Waals surface area contributed by atoms with E-state index >= 15 is 0 Å². The topological polar surface area (TPSA) is 92.4 Å². The average molecular weight is 280 g/mol. The minimum atomic E-state index is -1.37. The van der Waals surface area contributed by atoms with Crippen LogP contribution >= 0.6 is 0 Å². The van der Waals surface area contributed by atoms with Crippen LogP contribution < -0.4 is 0 Å². The fraction of sp³-hybridized carbons (Fsp3) is 0.643. The Morgan fingerprint density at radius 1 is 1.20 bits per heavy atom. The van der Waals surface area contributed by atoms with Crippen molar-refractivity contribution in [3.8, 4) is 5.88 Å². The van der Waals surface area contributed by atoms with Crippen molar-refractivity contribution in [1.82, 2.24) is 9.78 Å². The smallest absolute Gasteiger partial charge is 0.228 e. The molecule has 1 fully saturated rings. The molecule has 0 spiro atoms. The van der Waals surface area contributed by atoms with Crippen LogP contribution in [0.2, 0.25) is 0 Å². The van der Waals surface area contributed by atoms with Crippen LogP contribution in [0.25, 0.3) is 0 Å². The highest BCUT2D eigenvalue weighted by Crippen LogP contribution is 2.42. The Hall–Kier alpha value is -1.69. The number of carbonyl (C=O) groups excluding carboxylic acids is 2. The van der Waals surface area contributed by atoms with Crippen LogP contribution in [0.5, 0.6) is 5.88 Å². The molecule has 1 heterocycles. The van der Waals surface area contributed by atoms with Crippen LogP contribution in [0.3, 0.4) is 0 Å². The average Bonchev–Trinajstić information content (AvgIpc) is 2.67. The third-order valence-corrected chi connectivity index (χ3v) is 3.53. The van der Waals surface area contributed by atoms with Crippen molar-refractivity contribution in [2.75, 3.05) is 0 Å². The van der Waals surface area contributed by atoms with Crippen LogP contribution in [0.15, 0.2) is 0 Å². The van der Waals surface area contributed by atoms with Gasteiger partial charge in [0.05, 0.1) is 22.7 Å². The number of carbonyl (C=O) groups is 2. The van der Waals surface area contributed by atoms with Crippen molar-refractivity contribution in [3.63, 3.8) is 0 Å². The van der Waals surface area contributed by atoms with Crippen molar-refractivity contribution in [2.45, 2.75) is 58.1 Å². The first-order valence-electron chi connectivity index (χ1n) is 6.65. The lowest BCUT2D eigenvalue weighted by atomic mass is 9.73. The molecule has 2 N–H and O–H groups in total. The molecule has 1 aromatic rings. The summed E-state index contributed by atoms with van der Waals surface area (Å²) in [6, 6.07) is 0. The number of hydrogen-bond acceptors (Lipinski definition) is 5. The van der Waals surface area contributed by atoms with Crippen LogP contribution in [0.4, 0.5) is 0 Å². The van der Waals surface area contributed by atoms with Crippen molar-refractivity contribution in [1.29, 1.82) is 0 Å². The highest BCUT2D eigenvalue weighted by Gasteiger charge is 2.52. The van der Waals surface area contributed by atoms with E-state index in [1.165, 1.54) is 4.68 Å². The van der Waals surface area contributed by atoms with E-state index in [1.54, 1.807) is 0 Å². The maximum Gasteiger partial charge on any atom is 0.228 e. The molecular weight excluding hydrogens is 260 g/mol. The van der Waals surface area contributed by atoms with Crippen LogP contribution in [0.1, 0.15) is 57.7 Å². The summed E-state index contributed by atoms with van der Waals surface area (Å²) in [5.41, 5.74) is 0.364. The van der Waals surface area contributed by atoms with Gasteiger partial charge in [0.15, 0.2) is 0 Å². The number of nitrogens with zero attached hydrogens (tertiary/aromatic N) is 2. The molecule has 0 bridgehead atoms. The minimum absolute atomic E-state index is 0.0322. The first-order chi connectivity index (χ1) is 9.07. The van der Waals surface area contributed by atoms with Gasteiger partial charge in [0.1, 0.15) is 6.10 Å². The summed E-state index contributed by atoms with van der Waals surface area (Å²) >= 11 is 0. The van der Waals surface area contributed by atoms with E-state index in [0.717, 1.165) is 0 Å². The number of rotatable bonds is 2. The summed E-state index contributed by atoms with van der Waals surface area (Å²) in [5, 5.41) is 24.5. The van der Waals surface area contributed by atoms with Gasteiger partial charge >= 0.3 is 0 Å². The third kappa shape index (κ3) is 1.95. The van der Waals surface area contributed by atoms with Gasteiger partial charge < -0.3 is 10.2 Å². The summed E-state index contributed by atoms with van der Waals surface area (Å²) in [6.07, 6.45) is -1.37. The Balaban J connectivity index is 2.61. The molecule has 2 unspecified atom stereocenters. The number of aromatic nitrogens is 2. The summed E-state index contributed by atoms with van der Waals surface area (Å²) in [5.74, 6) is -2.63. The van der Waals surface area contributed by atoms with Gasteiger partial charge in [-0.25, -0.2) is 4.68 Å². The van der Waals surface area contributed by atoms with Gasteiger partial charge in [-0.3, -0.25) is 9.59 Å². The molecule has 1 saturated carbocycles. The zero-order valence-electron chi connectivity index (χ0n) is 12.3. The Bertz CT molecular complexity index is 581. The summed E-state index contributed by atoms with van der Waals surface area (Å²) in [6.45, 7) is 9.39. The van der Waals surface area contributed by atoms with Gasteiger partial charge in [0.2, 0.25) is 17.4 Å². The molecular formula is C14H20N2O4. The predicted octanol–water partition coefficient (Wildman–Crippen LogP) is 1.06. The Morgan fingerprint density at radius 2 is 1.75 bits per heavy atom. The molecule has 0 aliphatic heterocycles. The first-order valence-corrected chi connectivity index (χ1v) is 6.65. The molecule has 0 radical (unpaired) electrons. The summed E-state index contributed by atoms with van der Waals surface area (Å²) < 4.78 is 1.43. The normalized spacial score (nSPS) is 23.4. The Morgan fingerprint density at radius 3 is 2.15 bits per heavy atom. The molecule has 110 valence electrons. The fourth-order valence-electron chi connectivity index (χ4n) is 2.42. The molecule has 0 aromatic carbocycles.